The maximum absolute atomic E-state index is 12.5. The predicted octanol–water partition coefficient (Wildman–Crippen LogP) is 2.53. The van der Waals surface area contributed by atoms with Crippen LogP contribution in [0.2, 0.25) is 0 Å². The van der Waals surface area contributed by atoms with Crippen molar-refractivity contribution < 1.29 is 4.79 Å². The number of H-pyrrole nitrogens is 1. The molecular weight excluding hydrogens is 344 g/mol. The van der Waals surface area contributed by atoms with E-state index in [4.69, 9.17) is 5.73 Å². The summed E-state index contributed by atoms with van der Waals surface area (Å²) in [5.74, 6) is 0.691. The molecule has 2 heterocycles. The van der Waals surface area contributed by atoms with Crippen molar-refractivity contribution in [2.24, 2.45) is 11.7 Å². The number of carbonyl (C=O) groups is 1. The van der Waals surface area contributed by atoms with Gasteiger partial charge in [0.2, 0.25) is 0 Å². The zero-order chi connectivity index (χ0) is 14.2. The minimum Gasteiger partial charge on any atom is -0.334 e. The molecule has 1 fully saturated rings. The highest BCUT2D eigenvalue weighted by molar-refractivity contribution is 9.10. The lowest BCUT2D eigenvalue weighted by Gasteiger charge is -2.20. The molecule has 0 bridgehead atoms. The Morgan fingerprint density at radius 1 is 1.60 bits per heavy atom. The van der Waals surface area contributed by atoms with Crippen molar-refractivity contribution in [3.05, 3.63) is 15.9 Å². The third-order valence-corrected chi connectivity index (χ3v) is 4.57. The lowest BCUT2D eigenvalue weighted by molar-refractivity contribution is 0.0736. The summed E-state index contributed by atoms with van der Waals surface area (Å²) in [5.41, 5.74) is 7.15. The van der Waals surface area contributed by atoms with Gasteiger partial charge in [0.25, 0.3) is 5.91 Å². The van der Waals surface area contributed by atoms with Crippen LogP contribution in [0.5, 0.6) is 0 Å². The summed E-state index contributed by atoms with van der Waals surface area (Å²) in [4.78, 5) is 14.4. The molecule has 114 valence electrons. The number of amides is 1. The fraction of sp³-hybridized carbons (Fsp3) is 0.692. The number of halogens is 2. The number of rotatable bonds is 3. The van der Waals surface area contributed by atoms with Crippen LogP contribution in [0.1, 0.15) is 49.3 Å². The van der Waals surface area contributed by atoms with Crippen LogP contribution in [-0.4, -0.2) is 40.1 Å². The molecule has 0 saturated carbocycles. The summed E-state index contributed by atoms with van der Waals surface area (Å²) >= 11 is 3.49. The summed E-state index contributed by atoms with van der Waals surface area (Å²) in [5, 5.41) is 7.12. The number of nitrogens with two attached hydrogens (primary N) is 1. The summed E-state index contributed by atoms with van der Waals surface area (Å²) in [7, 11) is 0. The van der Waals surface area contributed by atoms with Crippen molar-refractivity contribution >= 4 is 34.2 Å². The van der Waals surface area contributed by atoms with E-state index >= 15 is 0 Å². The Bertz CT molecular complexity index is 477. The van der Waals surface area contributed by atoms with Gasteiger partial charge >= 0.3 is 0 Å². The number of hydrogen-bond acceptors (Lipinski definition) is 3. The van der Waals surface area contributed by atoms with Crippen LogP contribution in [0.3, 0.4) is 0 Å². The first-order valence-corrected chi connectivity index (χ1v) is 7.49. The van der Waals surface area contributed by atoms with Crippen LogP contribution in [0.4, 0.5) is 0 Å². The third kappa shape index (κ3) is 3.18. The number of nitrogens with one attached hydrogen (secondary N) is 1. The second kappa shape index (κ2) is 6.91. The molecule has 0 aromatic carbocycles. The quantitative estimate of drug-likeness (QED) is 0.864. The molecule has 2 rings (SSSR count). The van der Waals surface area contributed by atoms with Gasteiger partial charge < -0.3 is 10.6 Å². The fourth-order valence-corrected chi connectivity index (χ4v) is 3.40. The lowest BCUT2D eigenvalue weighted by Crippen LogP contribution is -2.34. The molecule has 1 aliphatic rings. The Kier molecular flexibility index (Phi) is 6.04. The van der Waals surface area contributed by atoms with Gasteiger partial charge in [-0.2, -0.15) is 5.10 Å². The second-order valence-electron chi connectivity index (χ2n) is 5.60. The van der Waals surface area contributed by atoms with Gasteiger partial charge in [-0.3, -0.25) is 9.89 Å². The van der Waals surface area contributed by atoms with Gasteiger partial charge in [0.1, 0.15) is 0 Å². The van der Waals surface area contributed by atoms with Gasteiger partial charge in [0.15, 0.2) is 5.69 Å². The molecule has 1 aromatic heterocycles. The fourth-order valence-electron chi connectivity index (χ4n) is 2.60. The van der Waals surface area contributed by atoms with E-state index < -0.39 is 0 Å². The third-order valence-electron chi connectivity index (χ3n) is 3.77. The molecule has 1 aliphatic heterocycles. The van der Waals surface area contributed by atoms with E-state index in [-0.39, 0.29) is 24.4 Å². The second-order valence-corrected chi connectivity index (χ2v) is 6.39. The van der Waals surface area contributed by atoms with E-state index in [0.29, 0.717) is 24.1 Å². The molecule has 20 heavy (non-hydrogen) atoms. The minimum absolute atomic E-state index is 0. The Balaban J connectivity index is 0.00000200. The first kappa shape index (κ1) is 17.5. The Labute approximate surface area is 134 Å². The van der Waals surface area contributed by atoms with E-state index in [9.17, 15) is 4.79 Å². The molecule has 2 unspecified atom stereocenters. The maximum Gasteiger partial charge on any atom is 0.275 e. The highest BCUT2D eigenvalue weighted by Gasteiger charge is 2.34. The molecule has 1 saturated heterocycles. The van der Waals surface area contributed by atoms with Gasteiger partial charge in [0, 0.05) is 12.6 Å². The molecule has 1 amide bonds. The van der Waals surface area contributed by atoms with Crippen molar-refractivity contribution in [2.75, 3.05) is 13.1 Å². The van der Waals surface area contributed by atoms with Gasteiger partial charge in [0.05, 0.1) is 10.2 Å². The van der Waals surface area contributed by atoms with Crippen LogP contribution < -0.4 is 5.73 Å². The van der Waals surface area contributed by atoms with Crippen molar-refractivity contribution in [2.45, 2.75) is 39.2 Å². The van der Waals surface area contributed by atoms with Crippen molar-refractivity contribution in [3.8, 4) is 0 Å². The summed E-state index contributed by atoms with van der Waals surface area (Å²) in [6, 6.07) is 0.229. The minimum atomic E-state index is -0.0153. The number of aromatic amines is 1. The van der Waals surface area contributed by atoms with Crippen LogP contribution >= 0.6 is 28.3 Å². The number of aromatic nitrogens is 2. The van der Waals surface area contributed by atoms with Crippen molar-refractivity contribution in [1.82, 2.24) is 15.1 Å². The SMILES string of the molecule is CC(C)c1[nH]nc(C(=O)N2CC(CN)CC2C)c1Br.Cl. The predicted molar refractivity (Wildman–Crippen MR) is 85.3 cm³/mol. The van der Waals surface area contributed by atoms with Crippen LogP contribution in [0.25, 0.3) is 0 Å². The highest BCUT2D eigenvalue weighted by atomic mass is 79.9. The highest BCUT2D eigenvalue weighted by Crippen LogP contribution is 2.29. The van der Waals surface area contributed by atoms with Gasteiger partial charge in [-0.15, -0.1) is 12.4 Å². The van der Waals surface area contributed by atoms with E-state index in [1.54, 1.807) is 0 Å². The van der Waals surface area contributed by atoms with Crippen LogP contribution in [0.15, 0.2) is 4.47 Å². The molecule has 2 atom stereocenters. The lowest BCUT2D eigenvalue weighted by atomic mass is 10.1. The van der Waals surface area contributed by atoms with Gasteiger partial charge in [-0.25, -0.2) is 0 Å². The molecule has 0 spiro atoms. The number of carbonyl (C=O) groups excluding carboxylic acids is 1. The summed E-state index contributed by atoms with van der Waals surface area (Å²) < 4.78 is 0.788. The first-order chi connectivity index (χ1) is 8.95. The molecule has 3 N–H and O–H groups in total. The largest absolute Gasteiger partial charge is 0.334 e. The van der Waals surface area contributed by atoms with E-state index in [0.717, 1.165) is 23.1 Å². The van der Waals surface area contributed by atoms with Gasteiger partial charge in [-0.05, 0) is 47.7 Å². The topological polar surface area (TPSA) is 75.0 Å². The smallest absolute Gasteiger partial charge is 0.275 e. The van der Waals surface area contributed by atoms with Gasteiger partial charge in [-0.1, -0.05) is 13.8 Å². The monoisotopic (exact) mass is 364 g/mol. The molecule has 0 radical (unpaired) electrons. The number of hydrogen-bond donors (Lipinski definition) is 2. The maximum atomic E-state index is 12.5. The Hall–Kier alpha value is -0.590. The standard InChI is InChI=1S/C13H21BrN4O.ClH/c1-7(2)11-10(14)12(17-16-11)13(19)18-6-9(5-15)4-8(18)3;/h7-9H,4-6,15H2,1-3H3,(H,16,17);1H. The van der Waals surface area contributed by atoms with Crippen molar-refractivity contribution in [1.29, 1.82) is 0 Å². The molecular formula is C13H22BrClN4O. The van der Waals surface area contributed by atoms with Crippen LogP contribution in [-0.2, 0) is 0 Å². The van der Waals surface area contributed by atoms with E-state index in [1.165, 1.54) is 0 Å². The normalized spacial score (nSPS) is 22.2. The zero-order valence-corrected chi connectivity index (χ0v) is 14.4. The van der Waals surface area contributed by atoms with Crippen molar-refractivity contribution in [3.63, 3.8) is 0 Å². The molecule has 7 heteroatoms. The number of likely N-dealkylation sites (tertiary alicyclic amines) is 1. The number of nitrogens with zero attached hydrogens (tertiary/aromatic N) is 2. The summed E-state index contributed by atoms with van der Waals surface area (Å²) in [6.45, 7) is 7.56. The zero-order valence-electron chi connectivity index (χ0n) is 12.0. The summed E-state index contributed by atoms with van der Waals surface area (Å²) in [6.07, 6.45) is 0.974. The molecule has 5 nitrogen and oxygen atoms in total. The van der Waals surface area contributed by atoms with Crippen LogP contribution in [0, 0.1) is 5.92 Å². The Morgan fingerprint density at radius 2 is 2.25 bits per heavy atom. The first-order valence-electron chi connectivity index (χ1n) is 6.70. The Morgan fingerprint density at radius 3 is 2.70 bits per heavy atom. The average Bonchev–Trinajstić information content (AvgIpc) is 2.91. The van der Waals surface area contributed by atoms with E-state index in [1.807, 2.05) is 4.90 Å². The molecule has 0 aliphatic carbocycles. The average molecular weight is 366 g/mol. The molecule has 1 aromatic rings. The van der Waals surface area contributed by atoms with E-state index in [2.05, 4.69) is 46.9 Å².